The Bertz CT molecular complexity index is 1300. The van der Waals surface area contributed by atoms with Crippen molar-refractivity contribution in [2.24, 2.45) is 5.10 Å². The average Bonchev–Trinajstić information content (AvgIpc) is 3.30. The van der Waals surface area contributed by atoms with Gasteiger partial charge in [-0.3, -0.25) is 0 Å². The van der Waals surface area contributed by atoms with Crippen molar-refractivity contribution in [2.45, 2.75) is 17.5 Å². The SMILES string of the molecule is COc1cc(/C=N/n2cnnc2SCc2ccc(Cl)cc2)ccc1OCc1ccc(Cl)c(Cl)c1. The molecule has 174 valence electrons. The number of rotatable bonds is 9. The maximum absolute atomic E-state index is 6.08. The van der Waals surface area contributed by atoms with Crippen LogP contribution in [0.1, 0.15) is 16.7 Å². The number of benzene rings is 3. The highest BCUT2D eigenvalue weighted by atomic mass is 35.5. The van der Waals surface area contributed by atoms with Gasteiger partial charge < -0.3 is 9.47 Å². The highest BCUT2D eigenvalue weighted by Crippen LogP contribution is 2.29. The van der Waals surface area contributed by atoms with Gasteiger partial charge in [-0.25, -0.2) is 0 Å². The summed E-state index contributed by atoms with van der Waals surface area (Å²) in [6, 6.07) is 18.7. The Kier molecular flexibility index (Phi) is 8.34. The standard InChI is InChI=1S/C24H19Cl3N4O2S/c1-32-23-11-17(5-9-22(23)33-13-18-4-8-20(26)21(27)10-18)12-29-31-15-28-30-24(31)34-14-16-2-6-19(25)7-3-16/h2-12,15H,13-14H2,1H3/b29-12+. The highest BCUT2D eigenvalue weighted by Gasteiger charge is 2.08. The van der Waals surface area contributed by atoms with E-state index in [0.717, 1.165) is 22.4 Å². The maximum atomic E-state index is 6.08. The van der Waals surface area contributed by atoms with Crippen LogP contribution in [-0.2, 0) is 12.4 Å². The normalized spacial score (nSPS) is 11.2. The van der Waals surface area contributed by atoms with Crippen molar-refractivity contribution in [3.05, 3.63) is 98.7 Å². The van der Waals surface area contributed by atoms with Gasteiger partial charge in [-0.15, -0.1) is 10.2 Å². The molecule has 0 amide bonds. The number of hydrogen-bond acceptors (Lipinski definition) is 6. The van der Waals surface area contributed by atoms with Crippen molar-refractivity contribution < 1.29 is 9.47 Å². The van der Waals surface area contributed by atoms with Gasteiger partial charge >= 0.3 is 0 Å². The van der Waals surface area contributed by atoms with Gasteiger partial charge in [0.05, 0.1) is 23.4 Å². The molecule has 0 fully saturated rings. The minimum Gasteiger partial charge on any atom is -0.493 e. The lowest BCUT2D eigenvalue weighted by Gasteiger charge is -2.11. The third-order valence-corrected chi connectivity index (χ3v) is 6.67. The van der Waals surface area contributed by atoms with Crippen molar-refractivity contribution in [1.82, 2.24) is 14.9 Å². The lowest BCUT2D eigenvalue weighted by Crippen LogP contribution is -1.99. The lowest BCUT2D eigenvalue weighted by molar-refractivity contribution is 0.284. The first-order chi connectivity index (χ1) is 16.5. The van der Waals surface area contributed by atoms with E-state index in [0.29, 0.717) is 38.3 Å². The molecule has 0 atom stereocenters. The van der Waals surface area contributed by atoms with Gasteiger partial charge in [0.1, 0.15) is 12.9 Å². The molecule has 34 heavy (non-hydrogen) atoms. The third-order valence-electron chi connectivity index (χ3n) is 4.68. The molecule has 0 spiro atoms. The molecule has 4 rings (SSSR count). The lowest BCUT2D eigenvalue weighted by atomic mass is 10.2. The van der Waals surface area contributed by atoms with Crippen LogP contribution in [0.3, 0.4) is 0 Å². The van der Waals surface area contributed by atoms with Crippen LogP contribution in [-0.4, -0.2) is 28.2 Å². The fraction of sp³-hybridized carbons (Fsp3) is 0.125. The largest absolute Gasteiger partial charge is 0.493 e. The van der Waals surface area contributed by atoms with Crippen LogP contribution in [0.15, 0.2) is 77.2 Å². The van der Waals surface area contributed by atoms with E-state index in [2.05, 4.69) is 15.3 Å². The Labute approximate surface area is 216 Å². The first-order valence-corrected chi connectivity index (χ1v) is 12.2. The minimum absolute atomic E-state index is 0.329. The van der Waals surface area contributed by atoms with Crippen LogP contribution < -0.4 is 9.47 Å². The monoisotopic (exact) mass is 532 g/mol. The molecule has 0 aliphatic heterocycles. The summed E-state index contributed by atoms with van der Waals surface area (Å²) in [6.07, 6.45) is 3.27. The predicted molar refractivity (Wildman–Crippen MR) is 138 cm³/mol. The average molecular weight is 534 g/mol. The first kappa shape index (κ1) is 24.4. The van der Waals surface area contributed by atoms with Gasteiger partial charge in [-0.05, 0) is 59.2 Å². The van der Waals surface area contributed by atoms with Crippen LogP contribution in [0.25, 0.3) is 0 Å². The van der Waals surface area contributed by atoms with Crippen molar-refractivity contribution >= 4 is 52.8 Å². The molecule has 6 nitrogen and oxygen atoms in total. The van der Waals surface area contributed by atoms with Gasteiger partial charge in [-0.1, -0.05) is 64.8 Å². The number of nitrogens with zero attached hydrogens (tertiary/aromatic N) is 4. The summed E-state index contributed by atoms with van der Waals surface area (Å²) < 4.78 is 13.0. The van der Waals surface area contributed by atoms with E-state index in [9.17, 15) is 0 Å². The molecule has 0 radical (unpaired) electrons. The number of halogens is 3. The molecule has 0 N–H and O–H groups in total. The third kappa shape index (κ3) is 6.45. The molecule has 10 heteroatoms. The van der Waals surface area contributed by atoms with Crippen molar-refractivity contribution in [3.63, 3.8) is 0 Å². The zero-order chi connectivity index (χ0) is 23.9. The van der Waals surface area contributed by atoms with Gasteiger partial charge in [0.25, 0.3) is 0 Å². The molecular weight excluding hydrogens is 515 g/mol. The zero-order valence-electron chi connectivity index (χ0n) is 18.0. The van der Waals surface area contributed by atoms with Crippen molar-refractivity contribution in [1.29, 1.82) is 0 Å². The number of aromatic nitrogens is 3. The van der Waals surface area contributed by atoms with E-state index in [1.54, 1.807) is 36.5 Å². The summed E-state index contributed by atoms with van der Waals surface area (Å²) in [7, 11) is 1.59. The fourth-order valence-corrected chi connectivity index (χ4v) is 4.19. The van der Waals surface area contributed by atoms with Gasteiger partial charge in [0, 0.05) is 10.8 Å². The molecule has 3 aromatic carbocycles. The van der Waals surface area contributed by atoms with Crippen LogP contribution >= 0.6 is 46.6 Å². The van der Waals surface area contributed by atoms with Crippen molar-refractivity contribution in [3.8, 4) is 11.5 Å². The number of ether oxygens (including phenoxy) is 2. The summed E-state index contributed by atoms with van der Waals surface area (Å²) in [5.74, 6) is 1.92. The minimum atomic E-state index is 0.329. The predicted octanol–water partition coefficient (Wildman–Crippen LogP) is 7.00. The topological polar surface area (TPSA) is 61.5 Å². The van der Waals surface area contributed by atoms with Gasteiger partial charge in [0.2, 0.25) is 5.16 Å². The summed E-state index contributed by atoms with van der Waals surface area (Å²) in [5.41, 5.74) is 2.87. The Morgan fingerprint density at radius 1 is 0.941 bits per heavy atom. The molecule has 4 aromatic rings. The molecule has 0 unspecified atom stereocenters. The first-order valence-electron chi connectivity index (χ1n) is 10.1. The number of methoxy groups -OCH3 is 1. The van der Waals surface area contributed by atoms with E-state index in [1.807, 2.05) is 48.5 Å². The molecule has 1 aromatic heterocycles. The summed E-state index contributed by atoms with van der Waals surface area (Å²) >= 11 is 19.5. The Balaban J connectivity index is 1.41. The summed E-state index contributed by atoms with van der Waals surface area (Å²) in [4.78, 5) is 0. The van der Waals surface area contributed by atoms with E-state index in [1.165, 1.54) is 11.8 Å². The Morgan fingerprint density at radius 2 is 1.74 bits per heavy atom. The number of thioether (sulfide) groups is 1. The van der Waals surface area contributed by atoms with Crippen LogP contribution in [0, 0.1) is 0 Å². The molecule has 0 aliphatic rings. The van der Waals surface area contributed by atoms with E-state index >= 15 is 0 Å². The van der Waals surface area contributed by atoms with E-state index in [-0.39, 0.29) is 0 Å². The van der Waals surface area contributed by atoms with Gasteiger partial charge in [-0.2, -0.15) is 9.78 Å². The smallest absolute Gasteiger partial charge is 0.212 e. The van der Waals surface area contributed by atoms with Gasteiger partial charge in [0.15, 0.2) is 11.5 Å². The maximum Gasteiger partial charge on any atom is 0.212 e. The quantitative estimate of drug-likeness (QED) is 0.171. The second kappa shape index (κ2) is 11.6. The Hall–Kier alpha value is -2.71. The summed E-state index contributed by atoms with van der Waals surface area (Å²) in [6.45, 7) is 0.329. The van der Waals surface area contributed by atoms with E-state index in [4.69, 9.17) is 44.3 Å². The molecule has 0 saturated heterocycles. The van der Waals surface area contributed by atoms with Crippen LogP contribution in [0.5, 0.6) is 11.5 Å². The molecule has 0 aliphatic carbocycles. The summed E-state index contributed by atoms with van der Waals surface area (Å²) in [5, 5.41) is 15.0. The molecular formula is C24H19Cl3N4O2S. The zero-order valence-corrected chi connectivity index (χ0v) is 21.1. The number of hydrogen-bond donors (Lipinski definition) is 0. The molecule has 1 heterocycles. The highest BCUT2D eigenvalue weighted by molar-refractivity contribution is 7.98. The van der Waals surface area contributed by atoms with Crippen molar-refractivity contribution in [2.75, 3.05) is 7.11 Å². The second-order valence-electron chi connectivity index (χ2n) is 7.07. The van der Waals surface area contributed by atoms with E-state index < -0.39 is 0 Å². The second-order valence-corrected chi connectivity index (χ2v) is 9.26. The molecule has 0 saturated carbocycles. The molecule has 0 bridgehead atoms. The fourth-order valence-electron chi connectivity index (χ4n) is 2.93. The van der Waals surface area contributed by atoms with Crippen LogP contribution in [0.2, 0.25) is 15.1 Å². The Morgan fingerprint density at radius 3 is 2.50 bits per heavy atom. The van der Waals surface area contributed by atoms with Crippen LogP contribution in [0.4, 0.5) is 0 Å².